The molecule has 1 aromatic rings. The van der Waals surface area contributed by atoms with Crippen molar-refractivity contribution in [3.8, 4) is 0 Å². The molecule has 1 heterocycles. The molecule has 0 saturated heterocycles. The maximum absolute atomic E-state index is 5.80. The van der Waals surface area contributed by atoms with Crippen molar-refractivity contribution in [2.45, 2.75) is 19.8 Å². The van der Waals surface area contributed by atoms with Crippen molar-refractivity contribution in [3.05, 3.63) is 16.7 Å². The minimum atomic E-state index is 0.390. The Morgan fingerprint density at radius 1 is 1.38 bits per heavy atom. The van der Waals surface area contributed by atoms with E-state index in [1.807, 2.05) is 0 Å². The van der Waals surface area contributed by atoms with E-state index >= 15 is 0 Å². The Hall–Kier alpha value is -0.740. The van der Waals surface area contributed by atoms with Gasteiger partial charge in [-0.3, -0.25) is 0 Å². The van der Waals surface area contributed by atoms with Crippen LogP contribution in [-0.2, 0) is 11.2 Å². The first kappa shape index (κ1) is 10.3. The van der Waals surface area contributed by atoms with Gasteiger partial charge in [-0.05, 0) is 19.8 Å². The third-order valence-corrected chi connectivity index (χ3v) is 1.87. The number of aromatic nitrogens is 3. The molecule has 0 unspecified atom stereocenters. The van der Waals surface area contributed by atoms with E-state index in [1.165, 1.54) is 0 Å². The Labute approximate surface area is 82.3 Å². The molecule has 0 aliphatic heterocycles. The van der Waals surface area contributed by atoms with Crippen LogP contribution in [0.3, 0.4) is 0 Å². The molecule has 1 rings (SSSR count). The number of aryl methyl sites for hydroxylation is 2. The standard InChI is InChI=1S/C8H12ClN3O/c1-6-10-7(4-3-5-13-2)8(9)12-11-6/h3-5H2,1-2H3. The molecule has 0 atom stereocenters. The molecule has 0 fully saturated rings. The van der Waals surface area contributed by atoms with E-state index in [0.717, 1.165) is 18.5 Å². The smallest absolute Gasteiger partial charge is 0.173 e. The van der Waals surface area contributed by atoms with Crippen molar-refractivity contribution in [3.63, 3.8) is 0 Å². The number of hydrogen-bond acceptors (Lipinski definition) is 4. The van der Waals surface area contributed by atoms with Crippen LogP contribution in [-0.4, -0.2) is 28.9 Å². The number of hydrogen-bond donors (Lipinski definition) is 0. The molecule has 0 aliphatic rings. The Morgan fingerprint density at radius 2 is 2.15 bits per heavy atom. The lowest BCUT2D eigenvalue weighted by atomic mass is 10.2. The third kappa shape index (κ3) is 3.24. The highest BCUT2D eigenvalue weighted by Crippen LogP contribution is 2.10. The van der Waals surface area contributed by atoms with Gasteiger partial charge in [0.15, 0.2) is 5.15 Å². The van der Waals surface area contributed by atoms with Crippen molar-refractivity contribution in [1.82, 2.24) is 15.2 Å². The minimum absolute atomic E-state index is 0.390. The molecule has 13 heavy (non-hydrogen) atoms. The number of nitrogens with zero attached hydrogens (tertiary/aromatic N) is 3. The fourth-order valence-electron chi connectivity index (χ4n) is 0.981. The molecule has 0 aliphatic carbocycles. The summed E-state index contributed by atoms with van der Waals surface area (Å²) in [5.74, 6) is 0.650. The van der Waals surface area contributed by atoms with Gasteiger partial charge in [0.1, 0.15) is 5.82 Å². The van der Waals surface area contributed by atoms with Crippen LogP contribution in [0.15, 0.2) is 0 Å². The van der Waals surface area contributed by atoms with E-state index in [0.29, 0.717) is 17.6 Å². The zero-order valence-corrected chi connectivity index (χ0v) is 8.51. The second-order valence-corrected chi connectivity index (χ2v) is 3.05. The van der Waals surface area contributed by atoms with Gasteiger partial charge in [-0.1, -0.05) is 11.6 Å². The van der Waals surface area contributed by atoms with Gasteiger partial charge in [-0.15, -0.1) is 10.2 Å². The maximum Gasteiger partial charge on any atom is 0.173 e. The van der Waals surface area contributed by atoms with Crippen LogP contribution in [0.4, 0.5) is 0 Å². The zero-order chi connectivity index (χ0) is 9.68. The van der Waals surface area contributed by atoms with Crippen molar-refractivity contribution in [1.29, 1.82) is 0 Å². The molecule has 0 radical (unpaired) electrons. The highest BCUT2D eigenvalue weighted by molar-refractivity contribution is 6.29. The fraction of sp³-hybridized carbons (Fsp3) is 0.625. The van der Waals surface area contributed by atoms with Gasteiger partial charge in [0, 0.05) is 13.7 Å². The number of methoxy groups -OCH3 is 1. The summed E-state index contributed by atoms with van der Waals surface area (Å²) in [6.07, 6.45) is 1.68. The lowest BCUT2D eigenvalue weighted by Gasteiger charge is -2.01. The fourth-order valence-corrected chi connectivity index (χ4v) is 1.16. The molecule has 0 saturated carbocycles. The average molecular weight is 202 g/mol. The Balaban J connectivity index is 2.59. The molecule has 0 amide bonds. The predicted octanol–water partition coefficient (Wildman–Crippen LogP) is 1.41. The second kappa shape index (κ2) is 5.09. The summed E-state index contributed by atoms with van der Waals surface area (Å²) in [7, 11) is 1.67. The topological polar surface area (TPSA) is 47.9 Å². The first-order chi connectivity index (χ1) is 6.24. The quantitative estimate of drug-likeness (QED) is 0.692. The molecule has 72 valence electrons. The third-order valence-electron chi connectivity index (χ3n) is 1.58. The molecule has 5 heteroatoms. The van der Waals surface area contributed by atoms with Crippen molar-refractivity contribution >= 4 is 11.6 Å². The van der Waals surface area contributed by atoms with Gasteiger partial charge < -0.3 is 4.74 Å². The minimum Gasteiger partial charge on any atom is -0.385 e. The van der Waals surface area contributed by atoms with E-state index in [4.69, 9.17) is 16.3 Å². The van der Waals surface area contributed by atoms with E-state index < -0.39 is 0 Å². The summed E-state index contributed by atoms with van der Waals surface area (Å²) in [6, 6.07) is 0. The molecule has 0 N–H and O–H groups in total. The SMILES string of the molecule is COCCCc1nc(C)nnc1Cl. The van der Waals surface area contributed by atoms with Gasteiger partial charge in [-0.25, -0.2) is 4.98 Å². The van der Waals surface area contributed by atoms with Crippen molar-refractivity contribution < 1.29 is 4.74 Å². The molecule has 0 spiro atoms. The second-order valence-electron chi connectivity index (χ2n) is 2.69. The summed E-state index contributed by atoms with van der Waals surface area (Å²) in [4.78, 5) is 4.18. The van der Waals surface area contributed by atoms with Crippen LogP contribution in [0, 0.1) is 6.92 Å². The van der Waals surface area contributed by atoms with Crippen LogP contribution in [0.25, 0.3) is 0 Å². The van der Waals surface area contributed by atoms with Crippen LogP contribution in [0.1, 0.15) is 17.9 Å². The first-order valence-electron chi connectivity index (χ1n) is 4.08. The molecule has 0 bridgehead atoms. The normalized spacial score (nSPS) is 10.4. The van der Waals surface area contributed by atoms with Gasteiger partial charge in [0.2, 0.25) is 0 Å². The molecular weight excluding hydrogens is 190 g/mol. The summed E-state index contributed by atoms with van der Waals surface area (Å²) >= 11 is 5.80. The van der Waals surface area contributed by atoms with Gasteiger partial charge in [0.05, 0.1) is 5.69 Å². The summed E-state index contributed by atoms with van der Waals surface area (Å²) in [5.41, 5.74) is 0.797. The van der Waals surface area contributed by atoms with Crippen LogP contribution >= 0.6 is 11.6 Å². The average Bonchev–Trinajstić information content (AvgIpc) is 2.11. The highest BCUT2D eigenvalue weighted by Gasteiger charge is 2.04. The highest BCUT2D eigenvalue weighted by atomic mass is 35.5. The summed E-state index contributed by atoms with van der Waals surface area (Å²) in [6.45, 7) is 2.50. The molecule has 1 aromatic heterocycles. The van der Waals surface area contributed by atoms with Crippen LogP contribution in [0.5, 0.6) is 0 Å². The first-order valence-corrected chi connectivity index (χ1v) is 4.46. The van der Waals surface area contributed by atoms with E-state index in [-0.39, 0.29) is 0 Å². The van der Waals surface area contributed by atoms with Gasteiger partial charge in [0.25, 0.3) is 0 Å². The number of ether oxygens (including phenoxy) is 1. The monoisotopic (exact) mass is 201 g/mol. The Morgan fingerprint density at radius 3 is 2.85 bits per heavy atom. The largest absolute Gasteiger partial charge is 0.385 e. The van der Waals surface area contributed by atoms with Crippen LogP contribution in [0.2, 0.25) is 5.15 Å². The summed E-state index contributed by atoms with van der Waals surface area (Å²) in [5, 5.41) is 7.90. The predicted molar refractivity (Wildman–Crippen MR) is 49.8 cm³/mol. The van der Waals surface area contributed by atoms with Crippen molar-refractivity contribution in [2.75, 3.05) is 13.7 Å². The molecule has 0 aromatic carbocycles. The van der Waals surface area contributed by atoms with E-state index in [1.54, 1.807) is 14.0 Å². The zero-order valence-electron chi connectivity index (χ0n) is 7.75. The molecule has 4 nitrogen and oxygen atoms in total. The lowest BCUT2D eigenvalue weighted by molar-refractivity contribution is 0.195. The molecular formula is C8H12ClN3O. The number of rotatable bonds is 4. The lowest BCUT2D eigenvalue weighted by Crippen LogP contribution is -2.01. The van der Waals surface area contributed by atoms with E-state index in [9.17, 15) is 0 Å². The van der Waals surface area contributed by atoms with Gasteiger partial charge >= 0.3 is 0 Å². The Kier molecular flexibility index (Phi) is 4.05. The van der Waals surface area contributed by atoms with Crippen LogP contribution < -0.4 is 0 Å². The van der Waals surface area contributed by atoms with E-state index in [2.05, 4.69) is 15.2 Å². The Bertz CT molecular complexity index is 280. The van der Waals surface area contributed by atoms with Crippen molar-refractivity contribution in [2.24, 2.45) is 0 Å². The van der Waals surface area contributed by atoms with Gasteiger partial charge in [-0.2, -0.15) is 0 Å². The summed E-state index contributed by atoms with van der Waals surface area (Å²) < 4.78 is 4.93. The number of halogens is 1. The maximum atomic E-state index is 5.80.